The summed E-state index contributed by atoms with van der Waals surface area (Å²) in [4.78, 5) is 15.5. The van der Waals surface area contributed by atoms with Crippen molar-refractivity contribution in [3.05, 3.63) is 11.1 Å². The maximum Gasteiger partial charge on any atom is 0.311 e. The molecule has 0 unspecified atom stereocenters. The van der Waals surface area contributed by atoms with Crippen LogP contribution >= 0.6 is 11.3 Å². The van der Waals surface area contributed by atoms with Gasteiger partial charge in [0.05, 0.1) is 19.2 Å². The van der Waals surface area contributed by atoms with Gasteiger partial charge in [-0.05, 0) is 12.3 Å². The number of esters is 1. The van der Waals surface area contributed by atoms with Crippen molar-refractivity contribution in [3.8, 4) is 0 Å². The highest BCUT2D eigenvalue weighted by atomic mass is 32.1. The molecule has 2 rings (SSSR count). The summed E-state index contributed by atoms with van der Waals surface area (Å²) in [6.45, 7) is 0.982. The molecule has 1 aromatic heterocycles. The van der Waals surface area contributed by atoms with E-state index in [-0.39, 0.29) is 12.4 Å². The summed E-state index contributed by atoms with van der Waals surface area (Å²) in [6, 6.07) is 0. The first-order chi connectivity index (χ1) is 9.28. The molecule has 4 nitrogen and oxygen atoms in total. The molecule has 0 aromatic carbocycles. The number of hydrogen-bond acceptors (Lipinski definition) is 5. The Morgan fingerprint density at radius 1 is 1.47 bits per heavy atom. The quantitative estimate of drug-likeness (QED) is 0.814. The van der Waals surface area contributed by atoms with Crippen LogP contribution in [0.15, 0.2) is 5.38 Å². The van der Waals surface area contributed by atoms with E-state index in [1.807, 2.05) is 5.38 Å². The number of ether oxygens (including phenoxy) is 1. The van der Waals surface area contributed by atoms with Gasteiger partial charge in [-0.25, -0.2) is 4.98 Å². The molecule has 106 valence electrons. The zero-order valence-corrected chi connectivity index (χ0v) is 12.3. The fourth-order valence-electron chi connectivity index (χ4n) is 2.55. The van der Waals surface area contributed by atoms with Gasteiger partial charge in [0, 0.05) is 11.9 Å². The predicted octanol–water partition coefficient (Wildman–Crippen LogP) is 3.24. The second-order valence-electron chi connectivity index (χ2n) is 5.12. The van der Waals surface area contributed by atoms with Crippen LogP contribution in [0.2, 0.25) is 0 Å². The molecule has 1 aliphatic rings. The summed E-state index contributed by atoms with van der Waals surface area (Å²) in [5.74, 6) is 0.648. The van der Waals surface area contributed by atoms with Crippen molar-refractivity contribution in [1.29, 1.82) is 0 Å². The van der Waals surface area contributed by atoms with Crippen molar-refractivity contribution >= 4 is 22.4 Å². The van der Waals surface area contributed by atoms with E-state index < -0.39 is 0 Å². The number of carbonyl (C=O) groups is 1. The smallest absolute Gasteiger partial charge is 0.311 e. The molecule has 0 amide bonds. The van der Waals surface area contributed by atoms with Gasteiger partial charge in [0.2, 0.25) is 0 Å². The Balaban J connectivity index is 1.69. The Morgan fingerprint density at radius 3 is 3.00 bits per heavy atom. The first-order valence-electron chi connectivity index (χ1n) is 7.03. The Labute approximate surface area is 118 Å². The molecule has 0 atom stereocenters. The molecule has 1 saturated carbocycles. The Kier molecular flexibility index (Phi) is 5.63. The number of hydrogen-bond donors (Lipinski definition) is 1. The minimum absolute atomic E-state index is 0.237. The van der Waals surface area contributed by atoms with E-state index in [1.54, 1.807) is 11.3 Å². The standard InChI is InChI=1S/C14H22N2O2S/c1-18-13(17)9-12-10-19-14(16-12)15-8-7-11-5-3-2-4-6-11/h10-11H,2-9H2,1H3,(H,15,16). The van der Waals surface area contributed by atoms with E-state index in [4.69, 9.17) is 0 Å². The fraction of sp³-hybridized carbons (Fsp3) is 0.714. The molecule has 0 radical (unpaired) electrons. The number of carbonyl (C=O) groups excluding carboxylic acids is 1. The van der Waals surface area contributed by atoms with E-state index in [1.165, 1.54) is 45.6 Å². The van der Waals surface area contributed by atoms with Crippen LogP contribution in [0.25, 0.3) is 0 Å². The zero-order valence-electron chi connectivity index (χ0n) is 11.5. The monoisotopic (exact) mass is 282 g/mol. The first kappa shape index (κ1) is 14.3. The molecule has 0 saturated heterocycles. The predicted molar refractivity (Wildman–Crippen MR) is 77.5 cm³/mol. The first-order valence-corrected chi connectivity index (χ1v) is 7.91. The summed E-state index contributed by atoms with van der Waals surface area (Å²) in [5.41, 5.74) is 0.789. The van der Waals surface area contributed by atoms with Crippen LogP contribution in [0, 0.1) is 5.92 Å². The van der Waals surface area contributed by atoms with Gasteiger partial charge in [-0.2, -0.15) is 0 Å². The van der Waals surface area contributed by atoms with E-state index in [0.29, 0.717) is 0 Å². The molecule has 1 N–H and O–H groups in total. The minimum Gasteiger partial charge on any atom is -0.469 e. The average molecular weight is 282 g/mol. The third-order valence-electron chi connectivity index (χ3n) is 3.66. The van der Waals surface area contributed by atoms with Crippen LogP contribution in [-0.2, 0) is 16.0 Å². The normalized spacial score (nSPS) is 16.3. The SMILES string of the molecule is COC(=O)Cc1csc(NCCC2CCCCC2)n1. The van der Waals surface area contributed by atoms with Crippen molar-refractivity contribution in [2.24, 2.45) is 5.92 Å². The number of thiazole rings is 1. The fourth-order valence-corrected chi connectivity index (χ4v) is 3.29. The van der Waals surface area contributed by atoms with Crippen LogP contribution in [-0.4, -0.2) is 24.6 Å². The van der Waals surface area contributed by atoms with E-state index >= 15 is 0 Å². The van der Waals surface area contributed by atoms with Crippen LogP contribution in [0.4, 0.5) is 5.13 Å². The van der Waals surface area contributed by atoms with Gasteiger partial charge < -0.3 is 10.1 Å². The average Bonchev–Trinajstić information content (AvgIpc) is 2.87. The lowest BCUT2D eigenvalue weighted by Gasteiger charge is -2.21. The van der Waals surface area contributed by atoms with Crippen molar-refractivity contribution in [2.75, 3.05) is 19.0 Å². The molecule has 1 aliphatic carbocycles. The molecular weight excluding hydrogens is 260 g/mol. The molecule has 1 aromatic rings. The van der Waals surface area contributed by atoms with Crippen LogP contribution in [0.3, 0.4) is 0 Å². The van der Waals surface area contributed by atoms with Gasteiger partial charge in [-0.3, -0.25) is 4.79 Å². The maximum atomic E-state index is 11.1. The highest BCUT2D eigenvalue weighted by Crippen LogP contribution is 2.26. The van der Waals surface area contributed by atoms with E-state index in [9.17, 15) is 4.79 Å². The van der Waals surface area contributed by atoms with Crippen molar-refractivity contribution in [1.82, 2.24) is 4.98 Å². The summed E-state index contributed by atoms with van der Waals surface area (Å²) in [5, 5.41) is 6.19. The van der Waals surface area contributed by atoms with Gasteiger partial charge in [0.1, 0.15) is 0 Å². The number of anilines is 1. The van der Waals surface area contributed by atoms with Crippen LogP contribution in [0.5, 0.6) is 0 Å². The molecule has 19 heavy (non-hydrogen) atoms. The number of methoxy groups -OCH3 is 1. The van der Waals surface area contributed by atoms with Crippen molar-refractivity contribution in [2.45, 2.75) is 44.9 Å². The van der Waals surface area contributed by atoms with Gasteiger partial charge >= 0.3 is 5.97 Å². The lowest BCUT2D eigenvalue weighted by Crippen LogP contribution is -2.12. The molecule has 1 heterocycles. The highest BCUT2D eigenvalue weighted by molar-refractivity contribution is 7.13. The van der Waals surface area contributed by atoms with E-state index in [0.717, 1.165) is 23.3 Å². The third kappa shape index (κ3) is 4.82. The Hall–Kier alpha value is -1.10. The number of nitrogens with one attached hydrogen (secondary N) is 1. The van der Waals surface area contributed by atoms with Gasteiger partial charge in [0.25, 0.3) is 0 Å². The van der Waals surface area contributed by atoms with Gasteiger partial charge in [-0.15, -0.1) is 11.3 Å². The van der Waals surface area contributed by atoms with E-state index in [2.05, 4.69) is 15.0 Å². The summed E-state index contributed by atoms with van der Waals surface area (Å²) < 4.78 is 4.63. The van der Waals surface area contributed by atoms with Crippen molar-refractivity contribution in [3.63, 3.8) is 0 Å². The Bertz CT molecular complexity index is 400. The largest absolute Gasteiger partial charge is 0.469 e. The summed E-state index contributed by atoms with van der Waals surface area (Å²) in [6.07, 6.45) is 8.45. The topological polar surface area (TPSA) is 51.2 Å². The molecule has 0 spiro atoms. The molecule has 0 bridgehead atoms. The second-order valence-corrected chi connectivity index (χ2v) is 5.97. The molecular formula is C14H22N2O2S. The second kappa shape index (κ2) is 7.48. The molecule has 5 heteroatoms. The molecule has 0 aliphatic heterocycles. The van der Waals surface area contributed by atoms with Crippen LogP contribution < -0.4 is 5.32 Å². The lowest BCUT2D eigenvalue weighted by molar-refractivity contribution is -0.139. The van der Waals surface area contributed by atoms with Crippen molar-refractivity contribution < 1.29 is 9.53 Å². The van der Waals surface area contributed by atoms with Gasteiger partial charge in [0.15, 0.2) is 5.13 Å². The Morgan fingerprint density at radius 2 is 2.26 bits per heavy atom. The molecule has 1 fully saturated rings. The van der Waals surface area contributed by atoms with Crippen LogP contribution in [0.1, 0.15) is 44.2 Å². The minimum atomic E-state index is -0.237. The third-order valence-corrected chi connectivity index (χ3v) is 4.51. The van der Waals surface area contributed by atoms with Gasteiger partial charge in [-0.1, -0.05) is 32.1 Å². The zero-order chi connectivity index (χ0) is 13.5. The maximum absolute atomic E-state index is 11.1. The lowest BCUT2D eigenvalue weighted by atomic mass is 9.87. The summed E-state index contributed by atoms with van der Waals surface area (Å²) in [7, 11) is 1.40. The summed E-state index contributed by atoms with van der Waals surface area (Å²) >= 11 is 1.56. The number of aromatic nitrogens is 1. The number of rotatable bonds is 6. The number of nitrogens with zero attached hydrogens (tertiary/aromatic N) is 1. The highest BCUT2D eigenvalue weighted by Gasteiger charge is 2.13.